The van der Waals surface area contributed by atoms with Crippen LogP contribution in [0.4, 0.5) is 0 Å². The molecule has 0 spiro atoms. The summed E-state index contributed by atoms with van der Waals surface area (Å²) < 4.78 is 5.33. The van der Waals surface area contributed by atoms with Gasteiger partial charge in [-0.3, -0.25) is 5.32 Å². The molecule has 0 amide bonds. The number of aliphatic hydroxyl groups excluding tert-OH is 4. The van der Waals surface area contributed by atoms with Crippen molar-refractivity contribution in [1.29, 1.82) is 0 Å². The zero-order valence-electron chi connectivity index (χ0n) is 11.0. The number of hydrogen-bond donors (Lipinski definition) is 5. The number of benzene rings is 1. The van der Waals surface area contributed by atoms with Crippen LogP contribution in [0.5, 0.6) is 0 Å². The van der Waals surface area contributed by atoms with Gasteiger partial charge in [-0.25, -0.2) is 0 Å². The SMILES string of the molecule is OC[C@H]1OC(NCc2ccc(Cl)c(Cl)c2)[C@H](O)[C@@H](O)[C@@H]1O. The Morgan fingerprint density at radius 3 is 2.38 bits per heavy atom. The van der Waals surface area contributed by atoms with E-state index in [4.69, 9.17) is 33.0 Å². The third kappa shape index (κ3) is 3.85. The Labute approximate surface area is 131 Å². The average molecular weight is 338 g/mol. The molecular formula is C13H17Cl2NO5. The molecule has 1 aliphatic rings. The lowest BCUT2D eigenvalue weighted by Gasteiger charge is -2.40. The molecule has 5 atom stereocenters. The second kappa shape index (κ2) is 7.21. The number of aliphatic hydroxyl groups is 4. The van der Waals surface area contributed by atoms with Crippen LogP contribution in [0.3, 0.4) is 0 Å². The zero-order valence-corrected chi connectivity index (χ0v) is 12.5. The third-order valence-electron chi connectivity index (χ3n) is 3.38. The number of nitrogens with one attached hydrogen (secondary N) is 1. The van der Waals surface area contributed by atoms with Crippen LogP contribution in [0.15, 0.2) is 18.2 Å². The summed E-state index contributed by atoms with van der Waals surface area (Å²) in [5.41, 5.74) is 0.807. The number of hydrogen-bond acceptors (Lipinski definition) is 6. The Kier molecular flexibility index (Phi) is 5.81. The van der Waals surface area contributed by atoms with E-state index in [0.29, 0.717) is 16.6 Å². The third-order valence-corrected chi connectivity index (χ3v) is 4.12. The molecule has 0 aromatic heterocycles. The summed E-state index contributed by atoms with van der Waals surface area (Å²) in [5, 5.41) is 42.1. The maximum absolute atomic E-state index is 9.87. The lowest BCUT2D eigenvalue weighted by molar-refractivity contribution is -0.236. The van der Waals surface area contributed by atoms with Crippen molar-refractivity contribution in [2.24, 2.45) is 0 Å². The molecule has 8 heteroatoms. The van der Waals surface area contributed by atoms with E-state index in [0.717, 1.165) is 5.56 Å². The molecule has 1 saturated heterocycles. The maximum Gasteiger partial charge on any atom is 0.137 e. The summed E-state index contributed by atoms with van der Waals surface area (Å²) in [6.45, 7) is -0.157. The fourth-order valence-electron chi connectivity index (χ4n) is 2.14. The van der Waals surface area contributed by atoms with Crippen LogP contribution >= 0.6 is 23.2 Å². The fraction of sp³-hybridized carbons (Fsp3) is 0.538. The first-order valence-electron chi connectivity index (χ1n) is 6.42. The van der Waals surface area contributed by atoms with Crippen molar-refractivity contribution in [3.63, 3.8) is 0 Å². The van der Waals surface area contributed by atoms with Gasteiger partial charge in [0.15, 0.2) is 0 Å². The van der Waals surface area contributed by atoms with E-state index < -0.39 is 37.3 Å². The first-order chi connectivity index (χ1) is 9.93. The fourth-order valence-corrected chi connectivity index (χ4v) is 2.46. The molecule has 1 heterocycles. The van der Waals surface area contributed by atoms with Gasteiger partial charge in [0, 0.05) is 6.54 Å². The highest BCUT2D eigenvalue weighted by Crippen LogP contribution is 2.23. The van der Waals surface area contributed by atoms with Crippen LogP contribution < -0.4 is 5.32 Å². The molecule has 0 bridgehead atoms. The first kappa shape index (κ1) is 16.9. The summed E-state index contributed by atoms with van der Waals surface area (Å²) in [4.78, 5) is 0. The van der Waals surface area contributed by atoms with E-state index in [1.54, 1.807) is 18.2 Å². The van der Waals surface area contributed by atoms with Crippen molar-refractivity contribution in [2.45, 2.75) is 37.2 Å². The maximum atomic E-state index is 9.87. The second-order valence-electron chi connectivity index (χ2n) is 4.88. The first-order valence-corrected chi connectivity index (χ1v) is 7.17. The minimum atomic E-state index is -1.40. The minimum absolute atomic E-state index is 0.305. The van der Waals surface area contributed by atoms with Crippen LogP contribution in [0.1, 0.15) is 5.56 Å². The summed E-state index contributed by atoms with van der Waals surface area (Å²) in [7, 11) is 0. The highest BCUT2D eigenvalue weighted by atomic mass is 35.5. The molecule has 1 aliphatic heterocycles. The van der Waals surface area contributed by atoms with Gasteiger partial charge in [0.25, 0.3) is 0 Å². The Morgan fingerprint density at radius 1 is 1.05 bits per heavy atom. The molecule has 0 aliphatic carbocycles. The van der Waals surface area contributed by atoms with E-state index in [1.807, 2.05) is 0 Å². The van der Waals surface area contributed by atoms with E-state index in [-0.39, 0.29) is 0 Å². The van der Waals surface area contributed by atoms with Crippen LogP contribution in [0, 0.1) is 0 Å². The van der Waals surface area contributed by atoms with Gasteiger partial charge < -0.3 is 25.2 Å². The van der Waals surface area contributed by atoms with Crippen molar-refractivity contribution in [1.82, 2.24) is 5.32 Å². The minimum Gasteiger partial charge on any atom is -0.394 e. The Bertz CT molecular complexity index is 488. The molecule has 21 heavy (non-hydrogen) atoms. The Balaban J connectivity index is 1.99. The van der Waals surface area contributed by atoms with Crippen molar-refractivity contribution in [2.75, 3.05) is 6.61 Å². The van der Waals surface area contributed by atoms with Crippen molar-refractivity contribution < 1.29 is 25.2 Å². The van der Waals surface area contributed by atoms with Gasteiger partial charge in [-0.1, -0.05) is 29.3 Å². The molecule has 1 aromatic rings. The lowest BCUT2D eigenvalue weighted by Crippen LogP contribution is -2.62. The predicted octanol–water partition coefficient (Wildman–Crippen LogP) is -0.117. The largest absolute Gasteiger partial charge is 0.394 e. The summed E-state index contributed by atoms with van der Waals surface area (Å²) >= 11 is 11.7. The predicted molar refractivity (Wildman–Crippen MR) is 77.1 cm³/mol. The quantitative estimate of drug-likeness (QED) is 0.525. The van der Waals surface area contributed by atoms with Gasteiger partial charge in [0.1, 0.15) is 30.6 Å². The van der Waals surface area contributed by atoms with E-state index >= 15 is 0 Å². The molecular weight excluding hydrogens is 321 g/mol. The standard InChI is InChI=1S/C13H17Cl2NO5/c14-7-2-1-6(3-8(7)15)4-16-13-12(20)11(19)10(18)9(5-17)21-13/h1-3,9-13,16-20H,4-5H2/t9-,10-,11+,12-,13?/m1/s1. The van der Waals surface area contributed by atoms with E-state index in [9.17, 15) is 15.3 Å². The van der Waals surface area contributed by atoms with Crippen LogP contribution in [-0.4, -0.2) is 57.7 Å². The van der Waals surface area contributed by atoms with Gasteiger partial charge in [0.05, 0.1) is 16.7 Å². The van der Waals surface area contributed by atoms with Gasteiger partial charge in [0.2, 0.25) is 0 Å². The van der Waals surface area contributed by atoms with E-state index in [1.165, 1.54) is 0 Å². The van der Waals surface area contributed by atoms with Crippen molar-refractivity contribution >= 4 is 23.2 Å². The summed E-state index contributed by atoms with van der Waals surface area (Å²) in [6, 6.07) is 5.07. The second-order valence-corrected chi connectivity index (χ2v) is 5.69. The summed E-state index contributed by atoms with van der Waals surface area (Å²) in [6.07, 6.45) is -5.94. The average Bonchev–Trinajstić information content (AvgIpc) is 2.47. The number of rotatable bonds is 4. The van der Waals surface area contributed by atoms with Crippen LogP contribution in [-0.2, 0) is 11.3 Å². The van der Waals surface area contributed by atoms with Gasteiger partial charge in [-0.2, -0.15) is 0 Å². The van der Waals surface area contributed by atoms with Crippen LogP contribution in [0.25, 0.3) is 0 Å². The smallest absolute Gasteiger partial charge is 0.137 e. The summed E-state index contributed by atoms with van der Waals surface area (Å²) in [5.74, 6) is 0. The Morgan fingerprint density at radius 2 is 1.76 bits per heavy atom. The lowest BCUT2D eigenvalue weighted by atomic mass is 9.98. The highest BCUT2D eigenvalue weighted by Gasteiger charge is 2.43. The van der Waals surface area contributed by atoms with Gasteiger partial charge >= 0.3 is 0 Å². The van der Waals surface area contributed by atoms with E-state index in [2.05, 4.69) is 5.32 Å². The molecule has 2 rings (SSSR count). The molecule has 118 valence electrons. The molecule has 5 N–H and O–H groups in total. The molecule has 0 saturated carbocycles. The van der Waals surface area contributed by atoms with Gasteiger partial charge in [-0.15, -0.1) is 0 Å². The van der Waals surface area contributed by atoms with Crippen LogP contribution in [0.2, 0.25) is 10.0 Å². The molecule has 1 aromatic carbocycles. The molecule has 1 unspecified atom stereocenters. The zero-order chi connectivity index (χ0) is 15.6. The monoisotopic (exact) mass is 337 g/mol. The normalized spacial score (nSPS) is 33.1. The van der Waals surface area contributed by atoms with Crippen molar-refractivity contribution in [3.05, 3.63) is 33.8 Å². The Hall–Kier alpha value is -0.440. The van der Waals surface area contributed by atoms with Crippen molar-refractivity contribution in [3.8, 4) is 0 Å². The number of ether oxygens (including phenoxy) is 1. The topological polar surface area (TPSA) is 102 Å². The highest BCUT2D eigenvalue weighted by molar-refractivity contribution is 6.42. The molecule has 1 fully saturated rings. The number of halogens is 2. The molecule has 0 radical (unpaired) electrons. The molecule has 6 nitrogen and oxygen atoms in total. The van der Waals surface area contributed by atoms with Gasteiger partial charge in [-0.05, 0) is 17.7 Å².